The Hall–Kier alpha value is -0.910. The third-order valence-corrected chi connectivity index (χ3v) is 4.75. The number of thiophene rings is 1. The smallest absolute Gasteiger partial charge is 0.307 e. The van der Waals surface area contributed by atoms with Crippen LogP contribution in [0, 0.1) is 0 Å². The van der Waals surface area contributed by atoms with Crippen molar-refractivity contribution in [3.8, 4) is 0 Å². The number of aliphatic hydroxyl groups excluding tert-OH is 1. The molecule has 1 aromatic heterocycles. The zero-order chi connectivity index (χ0) is 14.4. The van der Waals surface area contributed by atoms with E-state index in [-0.39, 0.29) is 12.1 Å². The Morgan fingerprint density at radius 2 is 2.50 bits per heavy atom. The topological polar surface area (TPSA) is 49.8 Å². The van der Waals surface area contributed by atoms with Crippen LogP contribution in [0.15, 0.2) is 17.5 Å². The van der Waals surface area contributed by atoms with Crippen LogP contribution in [0.4, 0.5) is 0 Å². The largest absolute Gasteiger partial charge is 0.466 e. The molecule has 4 nitrogen and oxygen atoms in total. The van der Waals surface area contributed by atoms with Crippen molar-refractivity contribution in [1.82, 2.24) is 4.90 Å². The first-order valence-corrected chi connectivity index (χ1v) is 8.19. The van der Waals surface area contributed by atoms with E-state index in [9.17, 15) is 9.90 Å². The summed E-state index contributed by atoms with van der Waals surface area (Å²) in [6.45, 7) is 4.02. The van der Waals surface area contributed by atoms with E-state index in [4.69, 9.17) is 4.74 Å². The minimum Gasteiger partial charge on any atom is -0.466 e. The fraction of sp³-hybridized carbons (Fsp3) is 0.667. The number of hydrogen-bond acceptors (Lipinski definition) is 5. The monoisotopic (exact) mass is 297 g/mol. The summed E-state index contributed by atoms with van der Waals surface area (Å²) in [6.07, 6.45) is 3.06. The highest BCUT2D eigenvalue weighted by Crippen LogP contribution is 2.29. The Labute approximate surface area is 124 Å². The van der Waals surface area contributed by atoms with Crippen LogP contribution in [0.3, 0.4) is 0 Å². The Morgan fingerprint density at radius 3 is 3.20 bits per heavy atom. The predicted octanol–water partition coefficient (Wildman–Crippen LogP) is 2.59. The molecule has 2 rings (SSSR count). The van der Waals surface area contributed by atoms with Gasteiger partial charge in [-0.05, 0) is 44.2 Å². The van der Waals surface area contributed by atoms with Gasteiger partial charge in [-0.2, -0.15) is 0 Å². The van der Waals surface area contributed by atoms with Crippen molar-refractivity contribution in [2.75, 3.05) is 19.7 Å². The standard InChI is InChI=1S/C15H23NO3S/c1-2-19-15(18)7-9-16-8-3-5-12(16)11-13(17)14-6-4-10-20-14/h4,6,10,12-13,17H,2-3,5,7-9,11H2,1H3. The molecule has 0 saturated carbocycles. The molecule has 1 saturated heterocycles. The van der Waals surface area contributed by atoms with Crippen LogP contribution >= 0.6 is 11.3 Å². The van der Waals surface area contributed by atoms with E-state index in [0.717, 1.165) is 37.2 Å². The van der Waals surface area contributed by atoms with Crippen LogP contribution in [0.1, 0.15) is 43.6 Å². The van der Waals surface area contributed by atoms with E-state index < -0.39 is 0 Å². The van der Waals surface area contributed by atoms with Gasteiger partial charge in [0, 0.05) is 17.5 Å². The van der Waals surface area contributed by atoms with Gasteiger partial charge in [0.2, 0.25) is 0 Å². The molecular weight excluding hydrogens is 274 g/mol. The summed E-state index contributed by atoms with van der Waals surface area (Å²) in [7, 11) is 0. The van der Waals surface area contributed by atoms with Crippen molar-refractivity contribution < 1.29 is 14.6 Å². The van der Waals surface area contributed by atoms with Gasteiger partial charge in [0.15, 0.2) is 0 Å². The van der Waals surface area contributed by atoms with Gasteiger partial charge in [-0.1, -0.05) is 6.07 Å². The maximum absolute atomic E-state index is 11.4. The zero-order valence-corrected chi connectivity index (χ0v) is 12.8. The second-order valence-electron chi connectivity index (χ2n) is 5.15. The van der Waals surface area contributed by atoms with Crippen LogP contribution in [-0.4, -0.2) is 41.7 Å². The highest BCUT2D eigenvalue weighted by atomic mass is 32.1. The number of carbonyl (C=O) groups excluding carboxylic acids is 1. The van der Waals surface area contributed by atoms with E-state index in [0.29, 0.717) is 19.1 Å². The molecule has 0 aromatic carbocycles. The van der Waals surface area contributed by atoms with Crippen molar-refractivity contribution in [2.45, 2.75) is 44.8 Å². The lowest BCUT2D eigenvalue weighted by Gasteiger charge is -2.25. The first-order chi connectivity index (χ1) is 9.70. The number of aliphatic hydroxyl groups is 1. The van der Waals surface area contributed by atoms with Crippen LogP contribution < -0.4 is 0 Å². The van der Waals surface area contributed by atoms with Gasteiger partial charge < -0.3 is 9.84 Å². The Morgan fingerprint density at radius 1 is 1.65 bits per heavy atom. The normalized spacial score (nSPS) is 21.0. The highest BCUT2D eigenvalue weighted by Gasteiger charge is 2.27. The average molecular weight is 297 g/mol. The number of rotatable bonds is 7. The highest BCUT2D eigenvalue weighted by molar-refractivity contribution is 7.10. The van der Waals surface area contributed by atoms with Crippen molar-refractivity contribution in [3.63, 3.8) is 0 Å². The molecular formula is C15H23NO3S. The first kappa shape index (κ1) is 15.5. The van der Waals surface area contributed by atoms with Crippen LogP contribution in [-0.2, 0) is 9.53 Å². The third-order valence-electron chi connectivity index (χ3n) is 3.77. The fourth-order valence-corrected chi connectivity index (χ4v) is 3.50. The molecule has 5 heteroatoms. The predicted molar refractivity (Wildman–Crippen MR) is 79.7 cm³/mol. The maximum atomic E-state index is 11.4. The van der Waals surface area contributed by atoms with E-state index in [1.54, 1.807) is 11.3 Å². The molecule has 1 N–H and O–H groups in total. The SMILES string of the molecule is CCOC(=O)CCN1CCCC1CC(O)c1cccs1. The molecule has 1 aromatic rings. The van der Waals surface area contributed by atoms with E-state index in [1.807, 2.05) is 24.4 Å². The summed E-state index contributed by atoms with van der Waals surface area (Å²) in [5.41, 5.74) is 0. The van der Waals surface area contributed by atoms with Gasteiger partial charge in [-0.25, -0.2) is 0 Å². The van der Waals surface area contributed by atoms with Gasteiger partial charge in [-0.3, -0.25) is 9.69 Å². The van der Waals surface area contributed by atoms with E-state index in [1.165, 1.54) is 0 Å². The summed E-state index contributed by atoms with van der Waals surface area (Å²) in [6, 6.07) is 4.32. The molecule has 0 amide bonds. The second-order valence-corrected chi connectivity index (χ2v) is 6.13. The second kappa shape index (κ2) is 7.76. The zero-order valence-electron chi connectivity index (χ0n) is 12.0. The number of hydrogen-bond donors (Lipinski definition) is 1. The number of nitrogens with zero attached hydrogens (tertiary/aromatic N) is 1. The van der Waals surface area contributed by atoms with Gasteiger partial charge in [0.05, 0.1) is 19.1 Å². The van der Waals surface area contributed by atoms with Crippen LogP contribution in [0.5, 0.6) is 0 Å². The third kappa shape index (κ3) is 4.30. The molecule has 0 aliphatic carbocycles. The van der Waals surface area contributed by atoms with Gasteiger partial charge in [0.25, 0.3) is 0 Å². The lowest BCUT2D eigenvalue weighted by Crippen LogP contribution is -2.33. The summed E-state index contributed by atoms with van der Waals surface area (Å²) < 4.78 is 4.96. The molecule has 2 heterocycles. The lowest BCUT2D eigenvalue weighted by atomic mass is 10.1. The fourth-order valence-electron chi connectivity index (χ4n) is 2.78. The molecule has 20 heavy (non-hydrogen) atoms. The van der Waals surface area contributed by atoms with Crippen LogP contribution in [0.25, 0.3) is 0 Å². The minimum absolute atomic E-state index is 0.128. The molecule has 1 aliphatic rings. The minimum atomic E-state index is -0.386. The summed E-state index contributed by atoms with van der Waals surface area (Å²) in [4.78, 5) is 14.8. The molecule has 0 radical (unpaired) electrons. The molecule has 0 bridgehead atoms. The van der Waals surface area contributed by atoms with Crippen molar-refractivity contribution in [2.24, 2.45) is 0 Å². The Balaban J connectivity index is 1.80. The van der Waals surface area contributed by atoms with Crippen molar-refractivity contribution in [1.29, 1.82) is 0 Å². The van der Waals surface area contributed by atoms with Crippen molar-refractivity contribution in [3.05, 3.63) is 22.4 Å². The van der Waals surface area contributed by atoms with Gasteiger partial charge in [0.1, 0.15) is 0 Å². The Bertz CT molecular complexity index is 407. The lowest BCUT2D eigenvalue weighted by molar-refractivity contribution is -0.143. The van der Waals surface area contributed by atoms with Gasteiger partial charge in [-0.15, -0.1) is 11.3 Å². The number of ether oxygens (including phenoxy) is 1. The number of carbonyl (C=O) groups is 1. The molecule has 1 fully saturated rings. The summed E-state index contributed by atoms with van der Waals surface area (Å²) in [5.74, 6) is -0.128. The maximum Gasteiger partial charge on any atom is 0.307 e. The number of likely N-dealkylation sites (tertiary alicyclic amines) is 1. The summed E-state index contributed by atoms with van der Waals surface area (Å²) in [5, 5.41) is 12.2. The molecule has 2 unspecified atom stereocenters. The Kier molecular flexibility index (Phi) is 6.01. The molecule has 2 atom stereocenters. The van der Waals surface area contributed by atoms with E-state index >= 15 is 0 Å². The van der Waals surface area contributed by atoms with Crippen LogP contribution in [0.2, 0.25) is 0 Å². The van der Waals surface area contributed by atoms with Gasteiger partial charge >= 0.3 is 5.97 Å². The number of esters is 1. The molecule has 112 valence electrons. The first-order valence-electron chi connectivity index (χ1n) is 7.32. The molecule has 0 spiro atoms. The summed E-state index contributed by atoms with van der Waals surface area (Å²) >= 11 is 1.60. The van der Waals surface area contributed by atoms with Crippen molar-refractivity contribution >= 4 is 17.3 Å². The van der Waals surface area contributed by atoms with E-state index in [2.05, 4.69) is 4.90 Å². The average Bonchev–Trinajstić information content (AvgIpc) is 3.08. The molecule has 1 aliphatic heterocycles. The quantitative estimate of drug-likeness (QED) is 0.786.